The number of fused-ring (bicyclic) bond motifs is 1. The van der Waals surface area contributed by atoms with Crippen LogP contribution in [0.25, 0.3) is 0 Å². The predicted octanol–water partition coefficient (Wildman–Crippen LogP) is 2.76. The van der Waals surface area contributed by atoms with Crippen LogP contribution >= 0.6 is 0 Å². The van der Waals surface area contributed by atoms with Gasteiger partial charge in [-0.15, -0.1) is 0 Å². The van der Waals surface area contributed by atoms with E-state index in [0.717, 1.165) is 30.6 Å². The molecule has 1 aromatic heterocycles. The maximum absolute atomic E-state index is 11.9. The summed E-state index contributed by atoms with van der Waals surface area (Å²) < 4.78 is 5.13. The number of rotatable bonds is 4. The maximum Gasteiger partial charge on any atom is 0.342 e. The predicted molar refractivity (Wildman–Crippen MR) is 81.6 cm³/mol. The fraction of sp³-hybridized carbons (Fsp3) is 0.294. The molecule has 0 unspecified atom stereocenters. The van der Waals surface area contributed by atoms with E-state index in [2.05, 4.69) is 22.4 Å². The standard InChI is InChI=1S/C17H18N2O2/c1-12-11-14-8-10-21-17(20)15(14)16(19-12)18-9-7-13-5-3-2-4-6-13/h2-6,11H,7-10H2,1H3,(H,18,19). The molecule has 2 heterocycles. The van der Waals surface area contributed by atoms with Crippen molar-refractivity contribution in [2.75, 3.05) is 18.5 Å². The van der Waals surface area contributed by atoms with Crippen LogP contribution in [0.15, 0.2) is 36.4 Å². The molecule has 1 aliphatic rings. The summed E-state index contributed by atoms with van der Waals surface area (Å²) in [6.45, 7) is 3.14. The van der Waals surface area contributed by atoms with Crippen LogP contribution in [0.4, 0.5) is 5.82 Å². The second-order valence-corrected chi connectivity index (χ2v) is 5.19. The van der Waals surface area contributed by atoms with Crippen LogP contribution < -0.4 is 5.32 Å². The van der Waals surface area contributed by atoms with E-state index in [0.29, 0.717) is 18.0 Å². The topological polar surface area (TPSA) is 51.2 Å². The number of aryl methyl sites for hydroxylation is 1. The van der Waals surface area contributed by atoms with Crippen LogP contribution in [-0.2, 0) is 17.6 Å². The molecule has 1 aromatic carbocycles. The monoisotopic (exact) mass is 282 g/mol. The van der Waals surface area contributed by atoms with Crippen molar-refractivity contribution in [2.45, 2.75) is 19.8 Å². The average molecular weight is 282 g/mol. The van der Waals surface area contributed by atoms with Crippen LogP contribution in [0.3, 0.4) is 0 Å². The Labute approximate surface area is 124 Å². The molecule has 21 heavy (non-hydrogen) atoms. The first kappa shape index (κ1) is 13.6. The lowest BCUT2D eigenvalue weighted by atomic mass is 10.0. The number of pyridine rings is 1. The average Bonchev–Trinajstić information content (AvgIpc) is 2.48. The van der Waals surface area contributed by atoms with Crippen molar-refractivity contribution < 1.29 is 9.53 Å². The lowest BCUT2D eigenvalue weighted by Crippen LogP contribution is -2.21. The van der Waals surface area contributed by atoms with Crippen molar-refractivity contribution in [3.05, 3.63) is 58.8 Å². The number of nitrogens with one attached hydrogen (secondary N) is 1. The number of esters is 1. The molecule has 4 heteroatoms. The van der Waals surface area contributed by atoms with Gasteiger partial charge in [0.1, 0.15) is 11.4 Å². The highest BCUT2D eigenvalue weighted by Gasteiger charge is 2.23. The summed E-state index contributed by atoms with van der Waals surface area (Å²) in [5.74, 6) is 0.372. The van der Waals surface area contributed by atoms with E-state index >= 15 is 0 Å². The number of cyclic esters (lactones) is 1. The first-order valence-electron chi connectivity index (χ1n) is 7.19. The van der Waals surface area contributed by atoms with Gasteiger partial charge in [0.05, 0.1) is 6.61 Å². The third-order valence-electron chi connectivity index (χ3n) is 3.59. The van der Waals surface area contributed by atoms with Crippen molar-refractivity contribution >= 4 is 11.8 Å². The Kier molecular flexibility index (Phi) is 3.86. The van der Waals surface area contributed by atoms with Gasteiger partial charge in [-0.2, -0.15) is 0 Å². The number of hydrogen-bond acceptors (Lipinski definition) is 4. The Bertz CT molecular complexity index is 653. The van der Waals surface area contributed by atoms with Crippen LogP contribution in [0.1, 0.15) is 27.2 Å². The summed E-state index contributed by atoms with van der Waals surface area (Å²) >= 11 is 0. The molecule has 4 nitrogen and oxygen atoms in total. The quantitative estimate of drug-likeness (QED) is 0.876. The van der Waals surface area contributed by atoms with Crippen LogP contribution in [0, 0.1) is 6.92 Å². The fourth-order valence-electron chi connectivity index (χ4n) is 2.59. The molecule has 0 atom stereocenters. The second kappa shape index (κ2) is 5.95. The fourth-order valence-corrected chi connectivity index (χ4v) is 2.59. The van der Waals surface area contributed by atoms with Crippen LogP contribution in [0.5, 0.6) is 0 Å². The smallest absolute Gasteiger partial charge is 0.342 e. The summed E-state index contributed by atoms with van der Waals surface area (Å²) in [5, 5.41) is 3.28. The van der Waals surface area contributed by atoms with Crippen LogP contribution in [-0.4, -0.2) is 24.1 Å². The van der Waals surface area contributed by atoms with Crippen LogP contribution in [0.2, 0.25) is 0 Å². The van der Waals surface area contributed by atoms with Gasteiger partial charge in [0.25, 0.3) is 0 Å². The second-order valence-electron chi connectivity index (χ2n) is 5.19. The molecule has 3 rings (SSSR count). The molecule has 108 valence electrons. The first-order chi connectivity index (χ1) is 10.2. The van der Waals surface area contributed by atoms with Gasteiger partial charge >= 0.3 is 5.97 Å². The number of ether oxygens (including phenoxy) is 1. The van der Waals surface area contributed by atoms with Crippen molar-refractivity contribution in [3.8, 4) is 0 Å². The molecule has 0 aliphatic carbocycles. The molecule has 1 N–H and O–H groups in total. The van der Waals surface area contributed by atoms with Crippen molar-refractivity contribution in [3.63, 3.8) is 0 Å². The summed E-state index contributed by atoms with van der Waals surface area (Å²) in [7, 11) is 0. The molecule has 1 aliphatic heterocycles. The highest BCUT2D eigenvalue weighted by Crippen LogP contribution is 2.24. The van der Waals surface area contributed by atoms with Gasteiger partial charge in [0, 0.05) is 18.7 Å². The lowest BCUT2D eigenvalue weighted by Gasteiger charge is -2.19. The highest BCUT2D eigenvalue weighted by atomic mass is 16.5. The van der Waals surface area contributed by atoms with E-state index < -0.39 is 0 Å². The zero-order chi connectivity index (χ0) is 14.7. The van der Waals surface area contributed by atoms with Gasteiger partial charge in [-0.3, -0.25) is 0 Å². The van der Waals surface area contributed by atoms with Gasteiger partial charge in [-0.25, -0.2) is 9.78 Å². The van der Waals surface area contributed by atoms with E-state index in [9.17, 15) is 4.79 Å². The zero-order valence-corrected chi connectivity index (χ0v) is 12.1. The Morgan fingerprint density at radius 2 is 2.10 bits per heavy atom. The maximum atomic E-state index is 11.9. The molecule has 0 fully saturated rings. The number of aromatic nitrogens is 1. The molecule has 0 saturated heterocycles. The minimum absolute atomic E-state index is 0.272. The van der Waals surface area contributed by atoms with E-state index in [1.165, 1.54) is 5.56 Å². The minimum Gasteiger partial charge on any atom is -0.462 e. The van der Waals surface area contributed by atoms with Gasteiger partial charge in [0.2, 0.25) is 0 Å². The Morgan fingerprint density at radius 1 is 1.29 bits per heavy atom. The van der Waals surface area contributed by atoms with E-state index in [1.807, 2.05) is 31.2 Å². The zero-order valence-electron chi connectivity index (χ0n) is 12.1. The number of benzene rings is 1. The molecule has 0 spiro atoms. The Hall–Kier alpha value is -2.36. The first-order valence-corrected chi connectivity index (χ1v) is 7.19. The number of nitrogens with zero attached hydrogens (tertiary/aromatic N) is 1. The van der Waals surface area contributed by atoms with E-state index in [4.69, 9.17) is 4.74 Å². The van der Waals surface area contributed by atoms with Gasteiger partial charge in [-0.1, -0.05) is 30.3 Å². The molecule has 0 bridgehead atoms. The van der Waals surface area contributed by atoms with E-state index in [-0.39, 0.29) is 5.97 Å². The summed E-state index contributed by atoms with van der Waals surface area (Å²) in [4.78, 5) is 16.4. The molecule has 0 amide bonds. The highest BCUT2D eigenvalue weighted by molar-refractivity contribution is 5.97. The van der Waals surface area contributed by atoms with Crippen molar-refractivity contribution in [2.24, 2.45) is 0 Å². The normalized spacial score (nSPS) is 13.5. The minimum atomic E-state index is -0.272. The molecule has 0 saturated carbocycles. The third-order valence-corrected chi connectivity index (χ3v) is 3.59. The largest absolute Gasteiger partial charge is 0.462 e. The Balaban J connectivity index is 1.76. The summed E-state index contributed by atoms with van der Waals surface area (Å²) in [5.41, 5.74) is 3.81. The SMILES string of the molecule is Cc1cc2c(c(NCCc3ccccc3)n1)C(=O)OCC2. The Morgan fingerprint density at radius 3 is 2.90 bits per heavy atom. The lowest BCUT2D eigenvalue weighted by molar-refractivity contribution is 0.0481. The van der Waals surface area contributed by atoms with Gasteiger partial charge in [-0.05, 0) is 30.5 Å². The van der Waals surface area contributed by atoms with Crippen molar-refractivity contribution in [1.82, 2.24) is 4.98 Å². The molecule has 0 radical (unpaired) electrons. The number of anilines is 1. The van der Waals surface area contributed by atoms with Crippen molar-refractivity contribution in [1.29, 1.82) is 0 Å². The summed E-state index contributed by atoms with van der Waals surface area (Å²) in [6, 6.07) is 12.2. The molecular formula is C17H18N2O2. The number of carbonyl (C=O) groups excluding carboxylic acids is 1. The number of hydrogen-bond donors (Lipinski definition) is 1. The molecular weight excluding hydrogens is 264 g/mol. The number of carbonyl (C=O) groups is 1. The summed E-state index contributed by atoms with van der Waals surface area (Å²) in [6.07, 6.45) is 1.65. The van der Waals surface area contributed by atoms with E-state index in [1.54, 1.807) is 0 Å². The van der Waals surface area contributed by atoms with Gasteiger partial charge in [0.15, 0.2) is 0 Å². The molecule has 2 aromatic rings. The van der Waals surface area contributed by atoms with Gasteiger partial charge < -0.3 is 10.1 Å². The third kappa shape index (κ3) is 3.05.